The highest BCUT2D eigenvalue weighted by atomic mass is 16.3. The first-order valence-electron chi connectivity index (χ1n) is 3.81. The van der Waals surface area contributed by atoms with Crippen molar-refractivity contribution in [3.8, 4) is 0 Å². The van der Waals surface area contributed by atoms with Crippen molar-refractivity contribution in [1.82, 2.24) is 0 Å². The van der Waals surface area contributed by atoms with Gasteiger partial charge in [-0.3, -0.25) is 4.79 Å². The molecule has 1 heterocycles. The van der Waals surface area contributed by atoms with E-state index in [0.717, 1.165) is 18.3 Å². The minimum absolute atomic E-state index is 0.417. The predicted octanol–water partition coefficient (Wildman–Crippen LogP) is 2.61. The molecule has 0 fully saturated rings. The molecule has 2 nitrogen and oxygen atoms in total. The van der Waals surface area contributed by atoms with Crippen LogP contribution in [0, 0.1) is 0 Å². The molecule has 0 spiro atoms. The quantitative estimate of drug-likeness (QED) is 0.623. The Kier molecular flexibility index (Phi) is 2.47. The van der Waals surface area contributed by atoms with Gasteiger partial charge in [0.2, 0.25) is 0 Å². The zero-order valence-corrected chi connectivity index (χ0v) is 6.83. The molecule has 0 saturated heterocycles. The largest absolute Gasteiger partial charge is 0.461 e. The van der Waals surface area contributed by atoms with Gasteiger partial charge >= 0.3 is 0 Å². The van der Waals surface area contributed by atoms with Crippen LogP contribution in [0.4, 0.5) is 0 Å². The average molecular weight is 152 g/mol. The molecular formula is C9H12O2. The van der Waals surface area contributed by atoms with E-state index < -0.39 is 0 Å². The van der Waals surface area contributed by atoms with Crippen molar-refractivity contribution >= 4 is 6.29 Å². The van der Waals surface area contributed by atoms with E-state index >= 15 is 0 Å². The van der Waals surface area contributed by atoms with E-state index in [4.69, 9.17) is 4.42 Å². The summed E-state index contributed by atoms with van der Waals surface area (Å²) < 4.78 is 4.97. The van der Waals surface area contributed by atoms with Gasteiger partial charge in [-0.2, -0.15) is 0 Å². The smallest absolute Gasteiger partial charge is 0.185 e. The van der Waals surface area contributed by atoms with Crippen LogP contribution >= 0.6 is 0 Å². The Morgan fingerprint density at radius 1 is 1.73 bits per heavy atom. The molecule has 60 valence electrons. The lowest BCUT2D eigenvalue weighted by molar-refractivity contribution is 0.110. The van der Waals surface area contributed by atoms with E-state index in [2.05, 4.69) is 13.8 Å². The number of rotatable bonds is 3. The van der Waals surface area contributed by atoms with Gasteiger partial charge in [0.25, 0.3) is 0 Å². The van der Waals surface area contributed by atoms with Crippen molar-refractivity contribution in [2.45, 2.75) is 26.2 Å². The maximum Gasteiger partial charge on any atom is 0.185 e. The maximum atomic E-state index is 10.2. The van der Waals surface area contributed by atoms with Crippen LogP contribution in [0.1, 0.15) is 42.3 Å². The predicted molar refractivity (Wildman–Crippen MR) is 42.8 cm³/mol. The summed E-state index contributed by atoms with van der Waals surface area (Å²) in [5.41, 5.74) is 1.11. The summed E-state index contributed by atoms with van der Waals surface area (Å²) in [4.78, 5) is 10.2. The lowest BCUT2D eigenvalue weighted by Crippen LogP contribution is -1.86. The van der Waals surface area contributed by atoms with Crippen LogP contribution in [0.5, 0.6) is 0 Å². The third kappa shape index (κ3) is 1.70. The molecule has 0 aliphatic heterocycles. The standard InChI is InChI=1S/C9H12O2/c1-3-7(2)8-4-9(5-10)11-6-8/h4-7H,3H2,1-2H3/t7-/m1/s1. The highest BCUT2D eigenvalue weighted by Crippen LogP contribution is 2.19. The van der Waals surface area contributed by atoms with Crippen LogP contribution in [0.2, 0.25) is 0 Å². The van der Waals surface area contributed by atoms with E-state index in [0.29, 0.717) is 11.7 Å². The molecule has 2 heteroatoms. The molecule has 0 unspecified atom stereocenters. The van der Waals surface area contributed by atoms with Gasteiger partial charge in [-0.1, -0.05) is 13.8 Å². The van der Waals surface area contributed by atoms with Crippen molar-refractivity contribution in [2.75, 3.05) is 0 Å². The fourth-order valence-corrected chi connectivity index (χ4v) is 0.924. The van der Waals surface area contributed by atoms with E-state index in [1.54, 1.807) is 12.3 Å². The van der Waals surface area contributed by atoms with Crippen molar-refractivity contribution in [2.24, 2.45) is 0 Å². The third-order valence-corrected chi connectivity index (χ3v) is 1.94. The van der Waals surface area contributed by atoms with Crippen LogP contribution in [-0.4, -0.2) is 6.29 Å². The second-order valence-corrected chi connectivity index (χ2v) is 2.71. The lowest BCUT2D eigenvalue weighted by Gasteiger charge is -2.01. The first-order valence-corrected chi connectivity index (χ1v) is 3.81. The molecule has 1 atom stereocenters. The highest BCUT2D eigenvalue weighted by Gasteiger charge is 2.06. The van der Waals surface area contributed by atoms with Gasteiger partial charge < -0.3 is 4.42 Å². The summed E-state index contributed by atoms with van der Waals surface area (Å²) in [7, 11) is 0. The summed E-state index contributed by atoms with van der Waals surface area (Å²) in [5.74, 6) is 0.896. The van der Waals surface area contributed by atoms with Crippen LogP contribution < -0.4 is 0 Å². The second kappa shape index (κ2) is 3.37. The van der Waals surface area contributed by atoms with Crippen LogP contribution in [0.25, 0.3) is 0 Å². The van der Waals surface area contributed by atoms with Gasteiger partial charge in [0, 0.05) is 0 Å². The van der Waals surface area contributed by atoms with E-state index in [-0.39, 0.29) is 0 Å². The highest BCUT2D eigenvalue weighted by molar-refractivity contribution is 5.70. The summed E-state index contributed by atoms with van der Waals surface area (Å²) in [6, 6.07) is 1.79. The molecule has 0 saturated carbocycles. The fraction of sp³-hybridized carbons (Fsp3) is 0.444. The van der Waals surface area contributed by atoms with E-state index in [1.165, 1.54) is 0 Å². The SMILES string of the molecule is CC[C@@H](C)c1coc(C=O)c1. The Hall–Kier alpha value is -1.05. The van der Waals surface area contributed by atoms with Crippen LogP contribution in [-0.2, 0) is 0 Å². The van der Waals surface area contributed by atoms with Crippen molar-refractivity contribution in [3.05, 3.63) is 23.7 Å². The number of carbonyl (C=O) groups excluding carboxylic acids is 1. The third-order valence-electron chi connectivity index (χ3n) is 1.94. The lowest BCUT2D eigenvalue weighted by atomic mass is 10.0. The van der Waals surface area contributed by atoms with E-state index in [9.17, 15) is 4.79 Å². The molecule has 0 aliphatic carbocycles. The number of hydrogen-bond donors (Lipinski definition) is 0. The molecule has 0 aromatic carbocycles. The Bertz CT molecular complexity index is 237. The van der Waals surface area contributed by atoms with Gasteiger partial charge in [0.1, 0.15) is 0 Å². The van der Waals surface area contributed by atoms with Gasteiger partial charge in [-0.15, -0.1) is 0 Å². The Balaban J connectivity index is 2.79. The zero-order valence-electron chi connectivity index (χ0n) is 6.83. The number of carbonyl (C=O) groups is 1. The summed E-state index contributed by atoms with van der Waals surface area (Å²) in [6.07, 6.45) is 3.45. The van der Waals surface area contributed by atoms with Crippen molar-refractivity contribution < 1.29 is 9.21 Å². The van der Waals surface area contributed by atoms with Gasteiger partial charge in [-0.25, -0.2) is 0 Å². The topological polar surface area (TPSA) is 30.2 Å². The summed E-state index contributed by atoms with van der Waals surface area (Å²) in [5, 5.41) is 0. The van der Waals surface area contributed by atoms with Crippen molar-refractivity contribution in [1.29, 1.82) is 0 Å². The molecule has 0 radical (unpaired) electrons. The number of aldehydes is 1. The zero-order chi connectivity index (χ0) is 8.27. The van der Waals surface area contributed by atoms with Gasteiger partial charge in [-0.05, 0) is 24.0 Å². The molecule has 1 aromatic rings. The van der Waals surface area contributed by atoms with Gasteiger partial charge in [0.15, 0.2) is 12.0 Å². The van der Waals surface area contributed by atoms with Gasteiger partial charge in [0.05, 0.1) is 6.26 Å². The fourth-order valence-electron chi connectivity index (χ4n) is 0.924. The van der Waals surface area contributed by atoms with E-state index in [1.807, 2.05) is 0 Å². The van der Waals surface area contributed by atoms with Crippen LogP contribution in [0.15, 0.2) is 16.7 Å². The second-order valence-electron chi connectivity index (χ2n) is 2.71. The normalized spacial score (nSPS) is 12.9. The molecule has 1 rings (SSSR count). The minimum atomic E-state index is 0.417. The van der Waals surface area contributed by atoms with Crippen LogP contribution in [0.3, 0.4) is 0 Å². The summed E-state index contributed by atoms with van der Waals surface area (Å²) in [6.45, 7) is 4.22. The molecule has 0 amide bonds. The molecular weight excluding hydrogens is 140 g/mol. The maximum absolute atomic E-state index is 10.2. The number of hydrogen-bond acceptors (Lipinski definition) is 2. The van der Waals surface area contributed by atoms with Crippen molar-refractivity contribution in [3.63, 3.8) is 0 Å². The Labute approximate surface area is 66.2 Å². The first kappa shape index (κ1) is 8.05. The number of furan rings is 1. The Morgan fingerprint density at radius 2 is 2.45 bits per heavy atom. The molecule has 0 aliphatic rings. The first-order chi connectivity index (χ1) is 5.27. The minimum Gasteiger partial charge on any atom is -0.461 e. The molecule has 1 aromatic heterocycles. The summed E-state index contributed by atoms with van der Waals surface area (Å²) >= 11 is 0. The molecule has 11 heavy (non-hydrogen) atoms. The average Bonchev–Trinajstić information content (AvgIpc) is 2.50. The Morgan fingerprint density at radius 3 is 2.91 bits per heavy atom. The monoisotopic (exact) mass is 152 g/mol. The molecule has 0 N–H and O–H groups in total. The molecule has 0 bridgehead atoms.